The fourth-order valence-electron chi connectivity index (χ4n) is 5.10. The van der Waals surface area contributed by atoms with E-state index in [-0.39, 0.29) is 5.78 Å². The van der Waals surface area contributed by atoms with Gasteiger partial charge in [-0.2, -0.15) is 0 Å². The molecule has 0 saturated carbocycles. The van der Waals surface area contributed by atoms with E-state index >= 15 is 0 Å². The first-order chi connectivity index (χ1) is 20.9. The molecule has 0 aliphatic heterocycles. The summed E-state index contributed by atoms with van der Waals surface area (Å²) in [6, 6.07) is 0. The third-order valence-electron chi connectivity index (χ3n) is 8.27. The zero-order valence-electron chi connectivity index (χ0n) is 30.8. The van der Waals surface area contributed by atoms with Gasteiger partial charge in [0.15, 0.2) is 0 Å². The molecular formula is C43H70O. The van der Waals surface area contributed by atoms with Gasteiger partial charge in [-0.25, -0.2) is 0 Å². The maximum atomic E-state index is 11.1. The second-order valence-electron chi connectivity index (χ2n) is 13.6. The standard InChI is InChI=1S/C43H70O/c1-35(2)19-11-20-36(3)21-12-22-37(4)23-13-24-38(5)25-14-26-39(6)27-15-28-40(7)29-16-30-41(8)31-17-32-42(9)33-18-34-43(10)44/h19,21,23,25,27,29,31,33H,11-18,20,22,24,26,28,30,32,34H2,1-10H3. The maximum Gasteiger partial charge on any atom is 0.130 e. The summed E-state index contributed by atoms with van der Waals surface area (Å²) in [5, 5.41) is 0. The molecule has 0 saturated heterocycles. The van der Waals surface area contributed by atoms with Crippen molar-refractivity contribution in [2.24, 2.45) is 0 Å². The summed E-state index contributed by atoms with van der Waals surface area (Å²) in [6.07, 6.45) is 36.9. The summed E-state index contributed by atoms with van der Waals surface area (Å²) in [5.74, 6) is 0.276. The quantitative estimate of drug-likeness (QED) is 0.100. The molecule has 44 heavy (non-hydrogen) atoms. The van der Waals surface area contributed by atoms with E-state index in [1.165, 1.54) is 83.1 Å². The first kappa shape index (κ1) is 41.6. The van der Waals surface area contributed by atoms with E-state index in [2.05, 4.69) is 111 Å². The van der Waals surface area contributed by atoms with Gasteiger partial charge in [-0.1, -0.05) is 93.2 Å². The Kier molecular flexibility index (Phi) is 25.5. The molecule has 1 heteroatoms. The Labute approximate surface area is 275 Å². The van der Waals surface area contributed by atoms with Gasteiger partial charge in [0.05, 0.1) is 0 Å². The minimum Gasteiger partial charge on any atom is -0.300 e. The van der Waals surface area contributed by atoms with Crippen LogP contribution in [0.2, 0.25) is 0 Å². The minimum absolute atomic E-state index is 0.276. The van der Waals surface area contributed by atoms with Gasteiger partial charge in [0.25, 0.3) is 0 Å². The average molecular weight is 603 g/mol. The smallest absolute Gasteiger partial charge is 0.130 e. The zero-order chi connectivity index (χ0) is 33.2. The number of hydrogen-bond acceptors (Lipinski definition) is 1. The van der Waals surface area contributed by atoms with Crippen LogP contribution in [-0.4, -0.2) is 5.78 Å². The highest BCUT2D eigenvalue weighted by Crippen LogP contribution is 2.17. The molecule has 0 amide bonds. The molecule has 0 rings (SSSR count). The van der Waals surface area contributed by atoms with Crippen molar-refractivity contribution >= 4 is 5.78 Å². The molecule has 0 aliphatic rings. The molecule has 0 unspecified atom stereocenters. The van der Waals surface area contributed by atoms with Crippen molar-refractivity contribution < 1.29 is 4.79 Å². The van der Waals surface area contributed by atoms with Gasteiger partial charge in [-0.15, -0.1) is 0 Å². The summed E-state index contributed by atoms with van der Waals surface area (Å²) in [7, 11) is 0. The Morgan fingerprint density at radius 3 is 0.659 bits per heavy atom. The van der Waals surface area contributed by atoms with E-state index in [4.69, 9.17) is 0 Å². The number of rotatable bonds is 24. The summed E-state index contributed by atoms with van der Waals surface area (Å²) < 4.78 is 0. The van der Waals surface area contributed by atoms with Gasteiger partial charge in [0.2, 0.25) is 0 Å². The molecule has 0 N–H and O–H groups in total. The Bertz CT molecular complexity index is 1060. The van der Waals surface area contributed by atoms with Gasteiger partial charge in [-0.05, 0) is 166 Å². The van der Waals surface area contributed by atoms with E-state index in [0.717, 1.165) is 57.8 Å². The van der Waals surface area contributed by atoms with Crippen LogP contribution in [0.25, 0.3) is 0 Å². The molecule has 0 radical (unpaired) electrons. The minimum atomic E-state index is 0.276. The highest BCUT2D eigenvalue weighted by atomic mass is 16.1. The molecule has 0 aromatic heterocycles. The van der Waals surface area contributed by atoms with Gasteiger partial charge in [0.1, 0.15) is 5.78 Å². The highest BCUT2D eigenvalue weighted by molar-refractivity contribution is 5.75. The average Bonchev–Trinajstić information content (AvgIpc) is 2.92. The number of hydrogen-bond donors (Lipinski definition) is 0. The van der Waals surface area contributed by atoms with Crippen LogP contribution in [0.3, 0.4) is 0 Å². The Morgan fingerprint density at radius 1 is 0.295 bits per heavy atom. The van der Waals surface area contributed by atoms with Crippen LogP contribution >= 0.6 is 0 Å². The van der Waals surface area contributed by atoms with Crippen LogP contribution in [0.5, 0.6) is 0 Å². The van der Waals surface area contributed by atoms with E-state index < -0.39 is 0 Å². The number of allylic oxidation sites excluding steroid dienone is 16. The second-order valence-corrected chi connectivity index (χ2v) is 13.6. The summed E-state index contributed by atoms with van der Waals surface area (Å²) in [5.41, 5.74) is 11.9. The van der Waals surface area contributed by atoms with E-state index in [0.29, 0.717) is 6.42 Å². The molecule has 0 fully saturated rings. The molecular weight excluding hydrogens is 532 g/mol. The maximum absolute atomic E-state index is 11.1. The summed E-state index contributed by atoms with van der Waals surface area (Å²) in [4.78, 5) is 11.1. The number of ketones is 1. The molecule has 1 nitrogen and oxygen atoms in total. The van der Waals surface area contributed by atoms with Crippen molar-refractivity contribution in [3.8, 4) is 0 Å². The van der Waals surface area contributed by atoms with Crippen molar-refractivity contribution in [3.63, 3.8) is 0 Å². The summed E-state index contributed by atoms with van der Waals surface area (Å²) >= 11 is 0. The second kappa shape index (κ2) is 26.9. The lowest BCUT2D eigenvalue weighted by molar-refractivity contribution is -0.116. The molecule has 0 aromatic rings. The summed E-state index contributed by atoms with van der Waals surface area (Å²) in [6.45, 7) is 21.9. The van der Waals surface area contributed by atoms with Crippen LogP contribution < -0.4 is 0 Å². The zero-order valence-corrected chi connectivity index (χ0v) is 30.8. The third kappa shape index (κ3) is 28.4. The largest absolute Gasteiger partial charge is 0.300 e. The predicted octanol–water partition coefficient (Wildman–Crippen LogP) is 14.4. The normalized spacial score (nSPS) is 14.4. The monoisotopic (exact) mass is 603 g/mol. The molecule has 0 bridgehead atoms. The van der Waals surface area contributed by atoms with Crippen molar-refractivity contribution in [2.45, 2.75) is 172 Å². The van der Waals surface area contributed by atoms with Gasteiger partial charge in [-0.3, -0.25) is 0 Å². The number of Topliss-reactive ketones (excluding diaryl/α,β-unsaturated/α-hetero) is 1. The Hall–Kier alpha value is -2.41. The Morgan fingerprint density at radius 2 is 0.477 bits per heavy atom. The first-order valence-electron chi connectivity index (χ1n) is 17.6. The van der Waals surface area contributed by atoms with E-state index in [9.17, 15) is 4.79 Å². The first-order valence-corrected chi connectivity index (χ1v) is 17.6. The van der Waals surface area contributed by atoms with E-state index in [1.54, 1.807) is 6.92 Å². The lowest BCUT2D eigenvalue weighted by Crippen LogP contribution is -1.87. The molecule has 0 aromatic carbocycles. The van der Waals surface area contributed by atoms with Crippen LogP contribution in [0.4, 0.5) is 0 Å². The van der Waals surface area contributed by atoms with Crippen molar-refractivity contribution in [1.82, 2.24) is 0 Å². The lowest BCUT2D eigenvalue weighted by atomic mass is 10.0. The van der Waals surface area contributed by atoms with Crippen LogP contribution in [0, 0.1) is 0 Å². The number of carbonyl (C=O) groups excluding carboxylic acids is 1. The molecule has 0 aliphatic carbocycles. The van der Waals surface area contributed by atoms with Gasteiger partial charge in [0, 0.05) is 6.42 Å². The molecule has 248 valence electrons. The topological polar surface area (TPSA) is 17.1 Å². The highest BCUT2D eigenvalue weighted by Gasteiger charge is 1.97. The number of carbonyl (C=O) groups is 1. The fraction of sp³-hybridized carbons (Fsp3) is 0.605. The molecule has 0 spiro atoms. The molecule has 0 heterocycles. The van der Waals surface area contributed by atoms with Crippen molar-refractivity contribution in [2.75, 3.05) is 0 Å². The Balaban J connectivity index is 4.20. The predicted molar refractivity (Wildman–Crippen MR) is 200 cm³/mol. The van der Waals surface area contributed by atoms with Crippen LogP contribution in [0.1, 0.15) is 172 Å². The van der Waals surface area contributed by atoms with Gasteiger partial charge >= 0.3 is 0 Å². The van der Waals surface area contributed by atoms with Crippen LogP contribution in [0.15, 0.2) is 93.2 Å². The SMILES string of the molecule is CC(=O)CCC=C(C)CCC=C(C)CCC=C(C)CCC=C(C)CCC=C(C)CCC=C(C)CCC=C(C)CCC=C(C)C. The third-order valence-corrected chi connectivity index (χ3v) is 8.27. The molecule has 0 atom stereocenters. The lowest BCUT2D eigenvalue weighted by Gasteiger charge is -2.04. The van der Waals surface area contributed by atoms with E-state index in [1.807, 2.05) is 0 Å². The van der Waals surface area contributed by atoms with Gasteiger partial charge < -0.3 is 4.79 Å². The van der Waals surface area contributed by atoms with Crippen molar-refractivity contribution in [1.29, 1.82) is 0 Å². The van der Waals surface area contributed by atoms with Crippen molar-refractivity contribution in [3.05, 3.63) is 93.2 Å². The fourth-order valence-corrected chi connectivity index (χ4v) is 5.10. The van der Waals surface area contributed by atoms with Crippen LogP contribution in [-0.2, 0) is 4.79 Å².